The van der Waals surface area contributed by atoms with Crippen molar-refractivity contribution >= 4 is 28.8 Å². The summed E-state index contributed by atoms with van der Waals surface area (Å²) in [6.07, 6.45) is 4.91. The molecule has 1 atom stereocenters. The Bertz CT molecular complexity index is 1790. The van der Waals surface area contributed by atoms with Gasteiger partial charge in [-0.1, -0.05) is 37.4 Å². The number of hydrogen-bond donors (Lipinski definition) is 1. The van der Waals surface area contributed by atoms with Crippen LogP contribution >= 0.6 is 11.3 Å². The maximum absolute atomic E-state index is 13.5. The molecular weight excluding hydrogens is 528 g/mol. The van der Waals surface area contributed by atoms with Gasteiger partial charge in [-0.15, -0.1) is 11.3 Å². The van der Waals surface area contributed by atoms with E-state index in [0.29, 0.717) is 49.9 Å². The molecule has 0 saturated carbocycles. The zero-order valence-electron chi connectivity index (χ0n) is 22.0. The molecule has 1 aliphatic heterocycles. The molecule has 202 valence electrons. The first-order valence-electron chi connectivity index (χ1n) is 12.0. The molecule has 0 bridgehead atoms. The molecule has 40 heavy (non-hydrogen) atoms. The molecular formula is C30H26N4O5S. The second-order valence-electron chi connectivity index (χ2n) is 8.45. The molecule has 1 aromatic heterocycles. The number of rotatable bonds is 10. The Morgan fingerprint density at radius 3 is 2.12 bits per heavy atom. The molecule has 10 heteroatoms. The van der Waals surface area contributed by atoms with Crippen molar-refractivity contribution in [3.63, 3.8) is 0 Å². The predicted octanol–water partition coefficient (Wildman–Crippen LogP) is 3.01. The van der Waals surface area contributed by atoms with Gasteiger partial charge in [0.05, 0.1) is 48.0 Å². The van der Waals surface area contributed by atoms with E-state index < -0.39 is 11.5 Å². The minimum absolute atomic E-state index is 0.0286. The van der Waals surface area contributed by atoms with Gasteiger partial charge in [-0.05, 0) is 41.5 Å². The Kier molecular flexibility index (Phi) is 8.43. The molecule has 3 aromatic rings. The second-order valence-corrected chi connectivity index (χ2v) is 9.48. The van der Waals surface area contributed by atoms with E-state index in [1.165, 1.54) is 18.8 Å². The zero-order chi connectivity index (χ0) is 28.8. The van der Waals surface area contributed by atoms with Gasteiger partial charge in [0.1, 0.15) is 23.7 Å². The molecule has 0 amide bonds. The summed E-state index contributed by atoms with van der Waals surface area (Å²) in [5, 5.41) is 20.3. The zero-order valence-corrected chi connectivity index (χ0v) is 22.8. The molecule has 4 rings (SSSR count). The summed E-state index contributed by atoms with van der Waals surface area (Å²) >= 11 is 1.12. The average Bonchev–Trinajstić information content (AvgIpc) is 3.30. The lowest BCUT2D eigenvalue weighted by Gasteiger charge is -2.23. The number of hydrogen-bond acceptors (Lipinski definition) is 9. The Balaban J connectivity index is 1.91. The molecule has 0 fully saturated rings. The highest BCUT2D eigenvalue weighted by atomic mass is 32.1. The van der Waals surface area contributed by atoms with Crippen LogP contribution in [0.3, 0.4) is 0 Å². The fourth-order valence-electron chi connectivity index (χ4n) is 4.31. The molecule has 9 nitrogen and oxygen atoms in total. The van der Waals surface area contributed by atoms with Crippen molar-refractivity contribution in [3.8, 4) is 35.1 Å². The molecule has 0 spiro atoms. The van der Waals surface area contributed by atoms with Gasteiger partial charge in [0.2, 0.25) is 0 Å². The van der Waals surface area contributed by atoms with E-state index in [1.807, 2.05) is 0 Å². The third kappa shape index (κ3) is 5.08. The van der Waals surface area contributed by atoms with Gasteiger partial charge in [-0.2, -0.15) is 10.5 Å². The van der Waals surface area contributed by atoms with Crippen LogP contribution in [0.4, 0.5) is 0 Å². The maximum atomic E-state index is 13.5. The summed E-state index contributed by atoms with van der Waals surface area (Å²) < 4.78 is 24.1. The van der Waals surface area contributed by atoms with Crippen molar-refractivity contribution in [1.82, 2.24) is 4.57 Å². The molecule has 2 heterocycles. The number of nitriles is 2. The van der Waals surface area contributed by atoms with Crippen LogP contribution in [0.15, 0.2) is 72.1 Å². The lowest BCUT2D eigenvalue weighted by atomic mass is 9.84. The first-order valence-corrected chi connectivity index (χ1v) is 12.8. The van der Waals surface area contributed by atoms with Crippen LogP contribution in [0.5, 0.6) is 23.0 Å². The third-order valence-corrected chi connectivity index (χ3v) is 7.22. The number of methoxy groups -OCH3 is 2. The number of benzene rings is 2. The van der Waals surface area contributed by atoms with Crippen molar-refractivity contribution < 1.29 is 18.9 Å². The minimum atomic E-state index is -0.801. The average molecular weight is 555 g/mol. The molecule has 1 aliphatic rings. The van der Waals surface area contributed by atoms with Gasteiger partial charge in [0.25, 0.3) is 5.56 Å². The van der Waals surface area contributed by atoms with E-state index in [-0.39, 0.29) is 23.6 Å². The fourth-order valence-corrected chi connectivity index (χ4v) is 5.44. The van der Waals surface area contributed by atoms with E-state index in [2.05, 4.69) is 25.3 Å². The standard InChI is InChI=1S/C30H26N4O5S/c1-5-11-38-22-9-7-18(13-24(22)36-3)14-26-29(35)34-28(33)20(16-31)27(21(17-32)30(34)40-26)19-8-10-23(39-12-6-2)25(15-19)37-4/h5-10,13-15,27H,1-2,11-12,33H2,3-4H3/b26-14+/t27-/m0/s1. The lowest BCUT2D eigenvalue weighted by Crippen LogP contribution is -2.38. The molecule has 0 aliphatic carbocycles. The normalized spacial score (nSPS) is 14.6. The van der Waals surface area contributed by atoms with Crippen LogP contribution < -0.4 is 39.4 Å². The summed E-state index contributed by atoms with van der Waals surface area (Å²) in [7, 11) is 3.02. The number of fused-ring (bicyclic) bond motifs is 1. The maximum Gasteiger partial charge on any atom is 0.274 e. The topological polar surface area (TPSA) is 133 Å². The van der Waals surface area contributed by atoms with E-state index in [4.69, 9.17) is 24.7 Å². The smallest absolute Gasteiger partial charge is 0.274 e. The van der Waals surface area contributed by atoms with Gasteiger partial charge in [-0.25, -0.2) is 0 Å². The minimum Gasteiger partial charge on any atom is -0.493 e. The van der Waals surface area contributed by atoms with Crippen LogP contribution in [0.1, 0.15) is 17.0 Å². The van der Waals surface area contributed by atoms with Crippen molar-refractivity contribution in [2.45, 2.75) is 5.92 Å². The fraction of sp³-hybridized carbons (Fsp3) is 0.167. The number of aromatic nitrogens is 1. The monoisotopic (exact) mass is 554 g/mol. The molecule has 2 N–H and O–H groups in total. The van der Waals surface area contributed by atoms with Crippen LogP contribution in [0, 0.1) is 22.7 Å². The number of nitrogens with zero attached hydrogens (tertiary/aromatic N) is 3. The van der Waals surface area contributed by atoms with Crippen molar-refractivity contribution in [2.24, 2.45) is 5.73 Å². The van der Waals surface area contributed by atoms with Crippen LogP contribution in [0.2, 0.25) is 0 Å². The van der Waals surface area contributed by atoms with Gasteiger partial charge in [0.15, 0.2) is 23.0 Å². The number of ether oxygens (including phenoxy) is 4. The van der Waals surface area contributed by atoms with Gasteiger partial charge < -0.3 is 24.7 Å². The molecule has 0 unspecified atom stereocenters. The van der Waals surface area contributed by atoms with E-state index in [1.54, 1.807) is 54.6 Å². The summed E-state index contributed by atoms with van der Waals surface area (Å²) in [5.41, 5.74) is 7.55. The largest absolute Gasteiger partial charge is 0.493 e. The Morgan fingerprint density at radius 1 is 0.950 bits per heavy atom. The quantitative estimate of drug-likeness (QED) is 0.378. The van der Waals surface area contributed by atoms with Gasteiger partial charge >= 0.3 is 0 Å². The number of thiazole rings is 1. The van der Waals surface area contributed by atoms with E-state index in [9.17, 15) is 15.3 Å². The van der Waals surface area contributed by atoms with Crippen molar-refractivity contribution in [2.75, 3.05) is 27.4 Å². The number of nitrogens with two attached hydrogens (primary N) is 1. The summed E-state index contributed by atoms with van der Waals surface area (Å²) in [5.74, 6) is 1.10. The van der Waals surface area contributed by atoms with E-state index >= 15 is 0 Å². The number of allylic oxidation sites excluding steroid dienone is 1. The Labute approximate surface area is 234 Å². The highest BCUT2D eigenvalue weighted by molar-refractivity contribution is 7.07. The van der Waals surface area contributed by atoms with E-state index in [0.717, 1.165) is 11.3 Å². The Morgan fingerprint density at radius 2 is 1.55 bits per heavy atom. The molecule has 0 saturated heterocycles. The van der Waals surface area contributed by atoms with Crippen LogP contribution in [-0.2, 0) is 0 Å². The van der Waals surface area contributed by atoms with Crippen molar-refractivity contribution in [3.05, 3.63) is 98.0 Å². The van der Waals surface area contributed by atoms with Gasteiger partial charge in [-0.3, -0.25) is 9.36 Å². The van der Waals surface area contributed by atoms with Gasteiger partial charge in [0, 0.05) is 0 Å². The summed E-state index contributed by atoms with van der Waals surface area (Å²) in [6.45, 7) is 7.88. The second kappa shape index (κ2) is 12.1. The predicted molar refractivity (Wildman–Crippen MR) is 154 cm³/mol. The van der Waals surface area contributed by atoms with Crippen LogP contribution in [0.25, 0.3) is 17.5 Å². The summed E-state index contributed by atoms with van der Waals surface area (Å²) in [6, 6.07) is 14.7. The summed E-state index contributed by atoms with van der Waals surface area (Å²) in [4.78, 5) is 13.5. The SMILES string of the molecule is C=CCOc1ccc(/C=c2/sc3n(c2=O)C(N)=C(C#N)[C@H](c2ccc(OCC=C)c(OC)c2)C=3C#N)cc1OC. The first-order chi connectivity index (χ1) is 19.4. The third-order valence-electron chi connectivity index (χ3n) is 6.11. The molecule has 2 aromatic carbocycles. The lowest BCUT2D eigenvalue weighted by molar-refractivity contribution is 0.326. The Hall–Kier alpha value is -5.19. The first kappa shape index (κ1) is 27.8. The highest BCUT2D eigenvalue weighted by Gasteiger charge is 2.32. The van der Waals surface area contributed by atoms with Crippen LogP contribution in [-0.4, -0.2) is 32.0 Å². The van der Waals surface area contributed by atoms with Crippen molar-refractivity contribution in [1.29, 1.82) is 10.5 Å². The highest BCUT2D eigenvalue weighted by Crippen LogP contribution is 2.39. The molecule has 0 radical (unpaired) electrons.